The highest BCUT2D eigenvalue weighted by molar-refractivity contribution is 5.88. The molecule has 1 fully saturated rings. The second-order valence-corrected chi connectivity index (χ2v) is 2.90. The van der Waals surface area contributed by atoms with Crippen molar-refractivity contribution in [3.8, 4) is 0 Å². The summed E-state index contributed by atoms with van der Waals surface area (Å²) in [5.74, 6) is 0.341. The number of Topliss-reactive ketones (excluding diaryl/α,β-unsaturated/α-hetero) is 1. The van der Waals surface area contributed by atoms with E-state index < -0.39 is 0 Å². The van der Waals surface area contributed by atoms with E-state index in [9.17, 15) is 4.79 Å². The van der Waals surface area contributed by atoms with E-state index in [1.807, 2.05) is 6.92 Å². The van der Waals surface area contributed by atoms with Crippen molar-refractivity contribution in [2.45, 2.75) is 19.9 Å². The average Bonchev–Trinajstić information content (AvgIpc) is 2.33. The molecular formula is C8H16N2O. The average molecular weight is 156 g/mol. The standard InChI is InChI=1S/C8H16N2O/c1-3-9-7-5-10(4-2)6-8(7)11/h7,9H,3-6H2,1-2H3. The van der Waals surface area contributed by atoms with E-state index in [4.69, 9.17) is 0 Å². The smallest absolute Gasteiger partial charge is 0.164 e. The first-order chi connectivity index (χ1) is 5.27. The maximum absolute atomic E-state index is 11.2. The molecule has 11 heavy (non-hydrogen) atoms. The largest absolute Gasteiger partial charge is 0.307 e. The first kappa shape index (κ1) is 8.68. The Morgan fingerprint density at radius 1 is 1.64 bits per heavy atom. The summed E-state index contributed by atoms with van der Waals surface area (Å²) in [6.07, 6.45) is 0. The van der Waals surface area contributed by atoms with Gasteiger partial charge in [0.25, 0.3) is 0 Å². The summed E-state index contributed by atoms with van der Waals surface area (Å²) in [5.41, 5.74) is 0. The second kappa shape index (κ2) is 3.83. The highest BCUT2D eigenvalue weighted by Gasteiger charge is 2.28. The molecule has 64 valence electrons. The van der Waals surface area contributed by atoms with Crippen LogP contribution in [0.2, 0.25) is 0 Å². The van der Waals surface area contributed by atoms with Crippen molar-refractivity contribution in [3.05, 3.63) is 0 Å². The third kappa shape index (κ3) is 2.01. The molecule has 0 amide bonds. The Kier molecular flexibility index (Phi) is 3.02. The Bertz CT molecular complexity index is 147. The molecule has 3 nitrogen and oxygen atoms in total. The lowest BCUT2D eigenvalue weighted by Crippen LogP contribution is -2.36. The predicted molar refractivity (Wildman–Crippen MR) is 44.6 cm³/mol. The van der Waals surface area contributed by atoms with Crippen LogP contribution in [-0.4, -0.2) is 42.9 Å². The van der Waals surface area contributed by atoms with Crippen molar-refractivity contribution in [2.24, 2.45) is 0 Å². The highest BCUT2D eigenvalue weighted by atomic mass is 16.1. The summed E-state index contributed by atoms with van der Waals surface area (Å²) in [6, 6.07) is 0.0972. The first-order valence-corrected chi connectivity index (χ1v) is 4.26. The Hall–Kier alpha value is -0.410. The van der Waals surface area contributed by atoms with Crippen molar-refractivity contribution in [1.29, 1.82) is 0 Å². The van der Waals surface area contributed by atoms with Crippen molar-refractivity contribution in [2.75, 3.05) is 26.2 Å². The summed E-state index contributed by atoms with van der Waals surface area (Å²) >= 11 is 0. The van der Waals surface area contributed by atoms with Crippen LogP contribution in [0.15, 0.2) is 0 Å². The van der Waals surface area contributed by atoms with E-state index in [0.29, 0.717) is 12.3 Å². The zero-order valence-corrected chi connectivity index (χ0v) is 7.26. The van der Waals surface area contributed by atoms with E-state index in [0.717, 1.165) is 19.6 Å². The van der Waals surface area contributed by atoms with Gasteiger partial charge in [-0.05, 0) is 13.1 Å². The number of carbonyl (C=O) groups is 1. The fraction of sp³-hybridized carbons (Fsp3) is 0.875. The first-order valence-electron chi connectivity index (χ1n) is 4.26. The fourth-order valence-corrected chi connectivity index (χ4v) is 1.42. The van der Waals surface area contributed by atoms with E-state index in [2.05, 4.69) is 17.1 Å². The maximum atomic E-state index is 11.2. The van der Waals surface area contributed by atoms with Gasteiger partial charge in [0, 0.05) is 6.54 Å². The number of carbonyl (C=O) groups excluding carboxylic acids is 1. The van der Waals surface area contributed by atoms with E-state index in [1.54, 1.807) is 0 Å². The molecule has 0 aromatic heterocycles. The molecule has 0 radical (unpaired) electrons. The van der Waals surface area contributed by atoms with Crippen molar-refractivity contribution >= 4 is 5.78 Å². The molecule has 1 unspecified atom stereocenters. The molecule has 3 heteroatoms. The zero-order valence-electron chi connectivity index (χ0n) is 7.26. The molecule has 0 aliphatic carbocycles. The number of likely N-dealkylation sites (tertiary alicyclic amines) is 1. The van der Waals surface area contributed by atoms with Crippen LogP contribution in [0.4, 0.5) is 0 Å². The van der Waals surface area contributed by atoms with Gasteiger partial charge < -0.3 is 5.32 Å². The number of nitrogens with zero attached hydrogens (tertiary/aromatic N) is 1. The molecule has 0 saturated carbocycles. The minimum absolute atomic E-state index is 0.0972. The van der Waals surface area contributed by atoms with Gasteiger partial charge in [0.15, 0.2) is 5.78 Å². The van der Waals surface area contributed by atoms with Gasteiger partial charge in [0.1, 0.15) is 0 Å². The molecule has 1 atom stereocenters. The van der Waals surface area contributed by atoms with Gasteiger partial charge in [0.05, 0.1) is 12.6 Å². The maximum Gasteiger partial charge on any atom is 0.164 e. The Balaban J connectivity index is 2.38. The normalized spacial score (nSPS) is 26.4. The van der Waals surface area contributed by atoms with E-state index in [-0.39, 0.29) is 6.04 Å². The Labute approximate surface area is 67.8 Å². The summed E-state index contributed by atoms with van der Waals surface area (Å²) < 4.78 is 0. The van der Waals surface area contributed by atoms with Crippen LogP contribution in [0, 0.1) is 0 Å². The molecular weight excluding hydrogens is 140 g/mol. The molecule has 0 aromatic rings. The van der Waals surface area contributed by atoms with E-state index >= 15 is 0 Å². The third-order valence-corrected chi connectivity index (χ3v) is 2.11. The third-order valence-electron chi connectivity index (χ3n) is 2.11. The number of hydrogen-bond acceptors (Lipinski definition) is 3. The van der Waals surface area contributed by atoms with Crippen LogP contribution in [-0.2, 0) is 4.79 Å². The monoisotopic (exact) mass is 156 g/mol. The summed E-state index contributed by atoms with van der Waals surface area (Å²) in [4.78, 5) is 13.4. The second-order valence-electron chi connectivity index (χ2n) is 2.90. The van der Waals surface area contributed by atoms with Gasteiger partial charge in [-0.2, -0.15) is 0 Å². The molecule has 1 aliphatic rings. The van der Waals surface area contributed by atoms with E-state index in [1.165, 1.54) is 0 Å². The van der Waals surface area contributed by atoms with Gasteiger partial charge in [-0.15, -0.1) is 0 Å². The van der Waals surface area contributed by atoms with Gasteiger partial charge in [0.2, 0.25) is 0 Å². The fourth-order valence-electron chi connectivity index (χ4n) is 1.42. The molecule has 0 aromatic carbocycles. The minimum atomic E-state index is 0.0972. The lowest BCUT2D eigenvalue weighted by atomic mass is 10.2. The summed E-state index contributed by atoms with van der Waals surface area (Å²) in [6.45, 7) is 7.50. The predicted octanol–water partition coefficient (Wildman–Crippen LogP) is -0.131. The van der Waals surface area contributed by atoms with Crippen LogP contribution in [0.5, 0.6) is 0 Å². The quantitative estimate of drug-likeness (QED) is 0.617. The number of hydrogen-bond donors (Lipinski definition) is 1. The van der Waals surface area contributed by atoms with Crippen LogP contribution >= 0.6 is 0 Å². The molecule has 1 N–H and O–H groups in total. The summed E-state index contributed by atoms with van der Waals surface area (Å²) in [7, 11) is 0. The number of likely N-dealkylation sites (N-methyl/N-ethyl adjacent to an activating group) is 2. The van der Waals surface area contributed by atoms with Gasteiger partial charge in [-0.3, -0.25) is 9.69 Å². The van der Waals surface area contributed by atoms with Crippen LogP contribution < -0.4 is 5.32 Å². The Morgan fingerprint density at radius 3 is 2.82 bits per heavy atom. The van der Waals surface area contributed by atoms with Gasteiger partial charge in [-0.25, -0.2) is 0 Å². The van der Waals surface area contributed by atoms with Crippen molar-refractivity contribution in [3.63, 3.8) is 0 Å². The number of nitrogens with one attached hydrogen (secondary N) is 1. The molecule has 0 bridgehead atoms. The Morgan fingerprint density at radius 2 is 2.36 bits per heavy atom. The molecule has 1 aliphatic heterocycles. The van der Waals surface area contributed by atoms with Crippen LogP contribution in [0.25, 0.3) is 0 Å². The number of rotatable bonds is 3. The highest BCUT2D eigenvalue weighted by Crippen LogP contribution is 2.03. The molecule has 1 saturated heterocycles. The van der Waals surface area contributed by atoms with Crippen molar-refractivity contribution < 1.29 is 4.79 Å². The summed E-state index contributed by atoms with van der Waals surface area (Å²) in [5, 5.41) is 3.17. The van der Waals surface area contributed by atoms with Crippen LogP contribution in [0.1, 0.15) is 13.8 Å². The van der Waals surface area contributed by atoms with Gasteiger partial charge >= 0.3 is 0 Å². The number of ketones is 1. The topological polar surface area (TPSA) is 32.3 Å². The molecule has 1 heterocycles. The van der Waals surface area contributed by atoms with Gasteiger partial charge in [-0.1, -0.05) is 13.8 Å². The molecule has 0 spiro atoms. The van der Waals surface area contributed by atoms with Crippen molar-refractivity contribution in [1.82, 2.24) is 10.2 Å². The zero-order chi connectivity index (χ0) is 8.27. The lowest BCUT2D eigenvalue weighted by Gasteiger charge is -2.11. The van der Waals surface area contributed by atoms with Crippen LogP contribution in [0.3, 0.4) is 0 Å². The minimum Gasteiger partial charge on any atom is -0.307 e. The molecule has 1 rings (SSSR count). The SMILES string of the molecule is CCNC1CN(CC)CC1=O. The lowest BCUT2D eigenvalue weighted by molar-refractivity contribution is -0.118.